The molecule has 1 aromatic carbocycles. The molecule has 2 aromatic heterocycles. The number of aromatic nitrogens is 4. The second kappa shape index (κ2) is 5.53. The van der Waals surface area contributed by atoms with Crippen molar-refractivity contribution in [3.63, 3.8) is 0 Å². The average molecular weight is 303 g/mol. The van der Waals surface area contributed by atoms with Crippen molar-refractivity contribution in [3.05, 3.63) is 47.0 Å². The van der Waals surface area contributed by atoms with E-state index in [1.54, 1.807) is 0 Å². The number of fused-ring (bicyclic) bond motifs is 1. The molecule has 0 amide bonds. The van der Waals surface area contributed by atoms with Gasteiger partial charge in [0.05, 0.1) is 29.2 Å². The van der Waals surface area contributed by atoms with Crippen LogP contribution in [0.25, 0.3) is 11.0 Å². The van der Waals surface area contributed by atoms with Gasteiger partial charge in [-0.15, -0.1) is 11.6 Å². The predicted octanol–water partition coefficient (Wildman–Crippen LogP) is 3.43. The number of rotatable bonds is 4. The Hall–Kier alpha value is -1.81. The zero-order chi connectivity index (χ0) is 15.0. The normalized spacial score (nSPS) is 11.4. The molecule has 0 saturated carbocycles. The summed E-state index contributed by atoms with van der Waals surface area (Å²) in [6, 6.07) is 6.25. The molecule has 110 valence electrons. The number of alkyl halides is 1. The summed E-state index contributed by atoms with van der Waals surface area (Å²) in [6.07, 6.45) is 3.01. The topological polar surface area (TPSA) is 35.6 Å². The van der Waals surface area contributed by atoms with Gasteiger partial charge in [0.25, 0.3) is 0 Å². The van der Waals surface area contributed by atoms with Crippen LogP contribution >= 0.6 is 11.6 Å². The number of hydrogen-bond donors (Lipinski definition) is 0. The molecule has 4 nitrogen and oxygen atoms in total. The second-order valence-electron chi connectivity index (χ2n) is 5.32. The van der Waals surface area contributed by atoms with Crippen LogP contribution in [-0.4, -0.2) is 19.3 Å². The van der Waals surface area contributed by atoms with E-state index in [1.165, 1.54) is 11.1 Å². The van der Waals surface area contributed by atoms with Crippen molar-refractivity contribution in [1.82, 2.24) is 19.3 Å². The Morgan fingerprint density at radius 1 is 1.29 bits per heavy atom. The van der Waals surface area contributed by atoms with Crippen LogP contribution in [0, 0.1) is 6.92 Å². The number of halogens is 1. The average Bonchev–Trinajstić information content (AvgIpc) is 3.01. The Labute approximate surface area is 129 Å². The minimum absolute atomic E-state index is 0.413. The van der Waals surface area contributed by atoms with Gasteiger partial charge < -0.3 is 4.57 Å². The van der Waals surface area contributed by atoms with Crippen LogP contribution in [0.3, 0.4) is 0 Å². The van der Waals surface area contributed by atoms with Crippen LogP contribution in [-0.2, 0) is 25.9 Å². The minimum Gasteiger partial charge on any atom is -0.322 e. The minimum atomic E-state index is 0.413. The van der Waals surface area contributed by atoms with Gasteiger partial charge in [0.2, 0.25) is 0 Å². The third-order valence-electron chi connectivity index (χ3n) is 3.83. The fourth-order valence-corrected chi connectivity index (χ4v) is 3.00. The van der Waals surface area contributed by atoms with E-state index in [-0.39, 0.29) is 0 Å². The number of para-hydroxylation sites is 1. The fourth-order valence-electron chi connectivity index (χ4n) is 2.80. The maximum Gasteiger partial charge on any atom is 0.125 e. The summed E-state index contributed by atoms with van der Waals surface area (Å²) < 4.78 is 4.07. The summed E-state index contributed by atoms with van der Waals surface area (Å²) in [5, 5.41) is 4.51. The molecule has 3 aromatic rings. The Balaban J connectivity index is 2.13. The maximum absolute atomic E-state index is 6.10. The molecule has 21 heavy (non-hydrogen) atoms. The van der Waals surface area contributed by atoms with Crippen molar-refractivity contribution in [2.75, 3.05) is 0 Å². The van der Waals surface area contributed by atoms with Gasteiger partial charge in [-0.25, -0.2) is 4.98 Å². The third kappa shape index (κ3) is 2.44. The first kappa shape index (κ1) is 14.1. The zero-order valence-electron chi connectivity index (χ0n) is 12.6. The number of hydrogen-bond acceptors (Lipinski definition) is 2. The van der Waals surface area contributed by atoms with E-state index in [2.05, 4.69) is 47.9 Å². The first-order valence-corrected chi connectivity index (χ1v) is 7.69. The molecule has 3 rings (SSSR count). The predicted molar refractivity (Wildman–Crippen MR) is 85.7 cm³/mol. The molecule has 0 bridgehead atoms. The van der Waals surface area contributed by atoms with Crippen LogP contribution in [0.4, 0.5) is 0 Å². The number of aryl methyl sites for hydroxylation is 3. The van der Waals surface area contributed by atoms with Gasteiger partial charge in [0, 0.05) is 18.8 Å². The van der Waals surface area contributed by atoms with E-state index in [9.17, 15) is 0 Å². The Bertz CT molecular complexity index is 785. The molecule has 0 aliphatic carbocycles. The van der Waals surface area contributed by atoms with Crippen LogP contribution in [0.5, 0.6) is 0 Å². The zero-order valence-corrected chi connectivity index (χ0v) is 13.4. The van der Waals surface area contributed by atoms with Gasteiger partial charge >= 0.3 is 0 Å². The van der Waals surface area contributed by atoms with Crippen LogP contribution in [0.1, 0.15) is 29.6 Å². The molecule has 0 fully saturated rings. The van der Waals surface area contributed by atoms with Gasteiger partial charge in [-0.3, -0.25) is 4.68 Å². The fraction of sp³-hybridized carbons (Fsp3) is 0.375. The second-order valence-corrected chi connectivity index (χ2v) is 5.59. The number of benzene rings is 1. The Morgan fingerprint density at radius 3 is 2.81 bits per heavy atom. The Morgan fingerprint density at radius 2 is 2.10 bits per heavy atom. The smallest absolute Gasteiger partial charge is 0.125 e. The Kier molecular flexibility index (Phi) is 3.72. The highest BCUT2D eigenvalue weighted by atomic mass is 35.5. The highest BCUT2D eigenvalue weighted by molar-refractivity contribution is 6.16. The first-order valence-electron chi connectivity index (χ1n) is 7.16. The van der Waals surface area contributed by atoms with E-state index < -0.39 is 0 Å². The molecule has 0 spiro atoms. The highest BCUT2D eigenvalue weighted by Gasteiger charge is 2.14. The summed E-state index contributed by atoms with van der Waals surface area (Å²) in [5.74, 6) is 1.32. The summed E-state index contributed by atoms with van der Waals surface area (Å²) >= 11 is 6.10. The molecule has 0 radical (unpaired) electrons. The van der Waals surface area contributed by atoms with Crippen LogP contribution in [0.15, 0.2) is 24.4 Å². The molecule has 0 unspecified atom stereocenters. The maximum atomic E-state index is 6.10. The van der Waals surface area contributed by atoms with Crippen LogP contribution in [0.2, 0.25) is 0 Å². The van der Waals surface area contributed by atoms with E-state index in [0.717, 1.165) is 35.5 Å². The quantitative estimate of drug-likeness (QED) is 0.692. The first-order chi connectivity index (χ1) is 10.1. The molecule has 0 aliphatic heterocycles. The van der Waals surface area contributed by atoms with Gasteiger partial charge in [-0.2, -0.15) is 5.10 Å². The molecule has 0 atom stereocenters. The summed E-state index contributed by atoms with van der Waals surface area (Å²) in [7, 11) is 1.96. The lowest BCUT2D eigenvalue weighted by Crippen LogP contribution is -2.05. The van der Waals surface area contributed by atoms with Gasteiger partial charge in [0.1, 0.15) is 5.82 Å². The summed E-state index contributed by atoms with van der Waals surface area (Å²) in [5.41, 5.74) is 5.71. The van der Waals surface area contributed by atoms with E-state index in [0.29, 0.717) is 5.88 Å². The van der Waals surface area contributed by atoms with Crippen molar-refractivity contribution in [2.45, 2.75) is 32.7 Å². The van der Waals surface area contributed by atoms with Crippen molar-refractivity contribution in [2.24, 2.45) is 7.05 Å². The standard InChI is InChI=1S/C16H19ClN4/c1-4-13-12(9-20(3)19-13)10-21-14-7-5-6-11(2)16(14)18-15(21)8-17/h5-7,9H,4,8,10H2,1-3H3. The van der Waals surface area contributed by atoms with E-state index >= 15 is 0 Å². The van der Waals surface area contributed by atoms with Crippen LogP contribution < -0.4 is 0 Å². The molecule has 0 N–H and O–H groups in total. The molecule has 5 heteroatoms. The molecular formula is C16H19ClN4. The van der Waals surface area contributed by atoms with E-state index in [4.69, 9.17) is 16.6 Å². The number of nitrogens with zero attached hydrogens (tertiary/aromatic N) is 4. The highest BCUT2D eigenvalue weighted by Crippen LogP contribution is 2.22. The van der Waals surface area contributed by atoms with Gasteiger partial charge in [-0.1, -0.05) is 19.1 Å². The lowest BCUT2D eigenvalue weighted by Gasteiger charge is -2.07. The van der Waals surface area contributed by atoms with Crippen molar-refractivity contribution < 1.29 is 0 Å². The van der Waals surface area contributed by atoms with Gasteiger partial charge in [-0.05, 0) is 25.0 Å². The SMILES string of the molecule is CCc1nn(C)cc1Cn1c(CCl)nc2c(C)cccc21. The van der Waals surface area contributed by atoms with Crippen molar-refractivity contribution in [1.29, 1.82) is 0 Å². The molecule has 0 aliphatic rings. The summed E-state index contributed by atoms with van der Waals surface area (Å²) in [4.78, 5) is 4.69. The number of imidazole rings is 1. The molecular weight excluding hydrogens is 284 g/mol. The lowest BCUT2D eigenvalue weighted by molar-refractivity contribution is 0.746. The summed E-state index contributed by atoms with van der Waals surface area (Å²) in [6.45, 7) is 4.97. The largest absolute Gasteiger partial charge is 0.322 e. The third-order valence-corrected chi connectivity index (χ3v) is 4.07. The van der Waals surface area contributed by atoms with Crippen molar-refractivity contribution in [3.8, 4) is 0 Å². The van der Waals surface area contributed by atoms with Gasteiger partial charge in [0.15, 0.2) is 0 Å². The molecule has 2 heterocycles. The lowest BCUT2D eigenvalue weighted by atomic mass is 10.2. The van der Waals surface area contributed by atoms with Crippen molar-refractivity contribution >= 4 is 22.6 Å². The monoisotopic (exact) mass is 302 g/mol. The molecule has 0 saturated heterocycles. The van der Waals surface area contributed by atoms with E-state index in [1.807, 2.05) is 11.7 Å².